The van der Waals surface area contributed by atoms with Gasteiger partial charge < -0.3 is 0 Å². The second kappa shape index (κ2) is 4.19. The summed E-state index contributed by atoms with van der Waals surface area (Å²) in [5.74, 6) is -4.44. The maximum atomic E-state index is 13.3. The number of ketones is 1. The molecule has 0 amide bonds. The van der Waals surface area contributed by atoms with Crippen LogP contribution in [0.4, 0.5) is 22.0 Å². The summed E-state index contributed by atoms with van der Waals surface area (Å²) >= 11 is 0. The quantitative estimate of drug-likeness (QED) is 0.724. The lowest BCUT2D eigenvalue weighted by molar-refractivity contribution is -0.170. The molecule has 16 heavy (non-hydrogen) atoms. The molecule has 0 radical (unpaired) electrons. The highest BCUT2D eigenvalue weighted by Crippen LogP contribution is 2.22. The van der Waals surface area contributed by atoms with Crippen molar-refractivity contribution < 1.29 is 26.7 Å². The van der Waals surface area contributed by atoms with Gasteiger partial charge in [-0.15, -0.1) is 0 Å². The van der Waals surface area contributed by atoms with Gasteiger partial charge in [0, 0.05) is 12.0 Å². The molecule has 0 heterocycles. The topological polar surface area (TPSA) is 17.1 Å². The lowest BCUT2D eigenvalue weighted by Gasteiger charge is -2.08. The van der Waals surface area contributed by atoms with Gasteiger partial charge in [0.05, 0.1) is 0 Å². The first kappa shape index (κ1) is 12.6. The number of Topliss-reactive ketones (excluding diaryl/α,β-unsaturated/α-hetero) is 1. The number of hydrogen-bond donors (Lipinski definition) is 0. The molecule has 88 valence electrons. The molecule has 0 saturated carbocycles. The van der Waals surface area contributed by atoms with Crippen LogP contribution in [0.25, 0.3) is 0 Å². The Morgan fingerprint density at radius 3 is 2.31 bits per heavy atom. The summed E-state index contributed by atoms with van der Waals surface area (Å²) < 4.78 is 62.0. The average Bonchev–Trinajstić information content (AvgIpc) is 2.17. The van der Waals surface area contributed by atoms with Crippen LogP contribution in [0.2, 0.25) is 0 Å². The molecular formula is C10H7F5O. The van der Waals surface area contributed by atoms with Crippen molar-refractivity contribution in [3.8, 4) is 0 Å². The summed E-state index contributed by atoms with van der Waals surface area (Å²) in [7, 11) is 0. The molecule has 0 aliphatic carbocycles. The molecule has 0 bridgehead atoms. The Balaban J connectivity index is 3.07. The van der Waals surface area contributed by atoms with E-state index in [1.165, 1.54) is 6.92 Å². The minimum atomic E-state index is -5.08. The summed E-state index contributed by atoms with van der Waals surface area (Å²) in [4.78, 5) is 10.6. The number of halogens is 5. The molecule has 0 aromatic heterocycles. The Labute approximate surface area is 87.9 Å². The Morgan fingerprint density at radius 2 is 1.81 bits per heavy atom. The summed E-state index contributed by atoms with van der Waals surface area (Å²) in [6.07, 6.45) is -6.40. The van der Waals surface area contributed by atoms with Gasteiger partial charge in [-0.05, 0) is 18.6 Å². The van der Waals surface area contributed by atoms with Gasteiger partial charge in [-0.3, -0.25) is 4.79 Å². The fourth-order valence-electron chi connectivity index (χ4n) is 1.14. The van der Waals surface area contributed by atoms with Crippen LogP contribution in [0, 0.1) is 18.6 Å². The first-order valence-electron chi connectivity index (χ1n) is 4.27. The van der Waals surface area contributed by atoms with E-state index in [1.54, 1.807) is 0 Å². The second-order valence-corrected chi connectivity index (χ2v) is 3.25. The summed E-state index contributed by atoms with van der Waals surface area (Å²) in [6.45, 7) is 1.27. The smallest absolute Gasteiger partial charge is 0.289 e. The van der Waals surface area contributed by atoms with Crippen LogP contribution >= 0.6 is 0 Å². The SMILES string of the molecule is Cc1ccc(F)c(CC(=O)C(F)(F)F)c1F. The highest BCUT2D eigenvalue weighted by Gasteiger charge is 2.38. The van der Waals surface area contributed by atoms with Gasteiger partial charge >= 0.3 is 6.18 Å². The van der Waals surface area contributed by atoms with Crippen LogP contribution in [0.3, 0.4) is 0 Å². The van der Waals surface area contributed by atoms with E-state index in [2.05, 4.69) is 0 Å². The van der Waals surface area contributed by atoms with E-state index in [9.17, 15) is 26.7 Å². The average molecular weight is 238 g/mol. The van der Waals surface area contributed by atoms with Crippen LogP contribution in [0.15, 0.2) is 12.1 Å². The minimum Gasteiger partial charge on any atom is -0.289 e. The van der Waals surface area contributed by atoms with E-state index >= 15 is 0 Å². The van der Waals surface area contributed by atoms with Crippen molar-refractivity contribution >= 4 is 5.78 Å². The Morgan fingerprint density at radius 1 is 1.25 bits per heavy atom. The molecule has 1 nitrogen and oxygen atoms in total. The molecule has 6 heteroatoms. The van der Waals surface area contributed by atoms with Gasteiger partial charge in [-0.1, -0.05) is 6.07 Å². The van der Waals surface area contributed by atoms with Gasteiger partial charge in [-0.25, -0.2) is 8.78 Å². The molecule has 0 unspecified atom stereocenters. The number of benzene rings is 1. The maximum Gasteiger partial charge on any atom is 0.450 e. The van der Waals surface area contributed by atoms with E-state index in [4.69, 9.17) is 0 Å². The lowest BCUT2D eigenvalue weighted by atomic mass is 10.0. The Kier molecular flexibility index (Phi) is 3.30. The summed E-state index contributed by atoms with van der Waals surface area (Å²) in [5.41, 5.74) is -0.853. The highest BCUT2D eigenvalue weighted by atomic mass is 19.4. The van der Waals surface area contributed by atoms with Crippen LogP contribution < -0.4 is 0 Å². The van der Waals surface area contributed by atoms with Crippen molar-refractivity contribution in [3.63, 3.8) is 0 Å². The monoisotopic (exact) mass is 238 g/mol. The standard InChI is InChI=1S/C10H7F5O/c1-5-2-3-7(11)6(9(5)12)4-8(16)10(13,14)15/h2-3H,4H2,1H3. The number of alkyl halides is 3. The predicted molar refractivity (Wildman–Crippen MR) is 45.9 cm³/mol. The number of aryl methyl sites for hydroxylation is 1. The van der Waals surface area contributed by atoms with Gasteiger partial charge in [-0.2, -0.15) is 13.2 Å². The third-order valence-electron chi connectivity index (χ3n) is 2.03. The third-order valence-corrected chi connectivity index (χ3v) is 2.03. The third kappa shape index (κ3) is 2.56. The molecule has 1 rings (SSSR count). The first-order chi connectivity index (χ1) is 7.23. The van der Waals surface area contributed by atoms with E-state index in [-0.39, 0.29) is 5.56 Å². The molecule has 0 fully saturated rings. The van der Waals surface area contributed by atoms with Crippen molar-refractivity contribution in [1.82, 2.24) is 0 Å². The number of carbonyl (C=O) groups is 1. The van der Waals surface area contributed by atoms with E-state index in [0.717, 1.165) is 12.1 Å². The van der Waals surface area contributed by atoms with Crippen molar-refractivity contribution in [1.29, 1.82) is 0 Å². The van der Waals surface area contributed by atoms with Gasteiger partial charge in [0.1, 0.15) is 11.6 Å². The molecule has 0 aliphatic heterocycles. The van der Waals surface area contributed by atoms with Gasteiger partial charge in [0.15, 0.2) is 0 Å². The zero-order chi connectivity index (χ0) is 12.5. The van der Waals surface area contributed by atoms with Crippen LogP contribution in [-0.2, 0) is 11.2 Å². The maximum absolute atomic E-state index is 13.3. The molecule has 1 aromatic carbocycles. The molecular weight excluding hydrogens is 231 g/mol. The number of hydrogen-bond acceptors (Lipinski definition) is 1. The van der Waals surface area contributed by atoms with Gasteiger partial charge in [0.25, 0.3) is 0 Å². The van der Waals surface area contributed by atoms with Crippen molar-refractivity contribution in [2.45, 2.75) is 19.5 Å². The first-order valence-corrected chi connectivity index (χ1v) is 4.27. The Bertz CT molecular complexity index is 422. The summed E-state index contributed by atoms with van der Waals surface area (Å²) in [6, 6.07) is 1.92. The van der Waals surface area contributed by atoms with Crippen LogP contribution in [0.5, 0.6) is 0 Å². The normalized spacial score (nSPS) is 11.6. The van der Waals surface area contributed by atoms with E-state index < -0.39 is 35.6 Å². The minimum absolute atomic E-state index is 0.00799. The highest BCUT2D eigenvalue weighted by molar-refractivity contribution is 5.86. The fourth-order valence-corrected chi connectivity index (χ4v) is 1.14. The summed E-state index contributed by atoms with van der Waals surface area (Å²) in [5, 5.41) is 0. The lowest BCUT2D eigenvalue weighted by Crippen LogP contribution is -2.25. The van der Waals surface area contributed by atoms with Gasteiger partial charge in [0.2, 0.25) is 5.78 Å². The van der Waals surface area contributed by atoms with E-state index in [0.29, 0.717) is 0 Å². The second-order valence-electron chi connectivity index (χ2n) is 3.25. The van der Waals surface area contributed by atoms with Crippen LogP contribution in [0.1, 0.15) is 11.1 Å². The van der Waals surface area contributed by atoms with Crippen molar-refractivity contribution in [3.05, 3.63) is 34.9 Å². The molecule has 0 saturated heterocycles. The molecule has 0 atom stereocenters. The molecule has 0 spiro atoms. The number of carbonyl (C=O) groups excluding carboxylic acids is 1. The molecule has 0 aliphatic rings. The predicted octanol–water partition coefficient (Wildman–Crippen LogP) is 2.95. The molecule has 1 aromatic rings. The zero-order valence-corrected chi connectivity index (χ0v) is 8.16. The van der Waals surface area contributed by atoms with Crippen LogP contribution in [-0.4, -0.2) is 12.0 Å². The Hall–Kier alpha value is -1.46. The number of rotatable bonds is 2. The van der Waals surface area contributed by atoms with E-state index in [1.807, 2.05) is 0 Å². The zero-order valence-electron chi connectivity index (χ0n) is 8.16. The van der Waals surface area contributed by atoms with Crippen molar-refractivity contribution in [2.75, 3.05) is 0 Å². The fraction of sp³-hybridized carbons (Fsp3) is 0.300. The van der Waals surface area contributed by atoms with Crippen molar-refractivity contribution in [2.24, 2.45) is 0 Å². The molecule has 0 N–H and O–H groups in total. The largest absolute Gasteiger partial charge is 0.450 e.